The number of benzene rings is 3. The second-order valence-corrected chi connectivity index (χ2v) is 13.7. The van der Waals surface area contributed by atoms with Crippen LogP contribution in [0.15, 0.2) is 30.3 Å². The lowest BCUT2D eigenvalue weighted by atomic mass is 9.81. The molecule has 236 valence electrons. The monoisotopic (exact) mass is 631 g/mol. The maximum Gasteiger partial charge on any atom is 0.319 e. The van der Waals surface area contributed by atoms with E-state index in [9.17, 15) is 5.11 Å². The first-order valence-corrected chi connectivity index (χ1v) is 16.7. The van der Waals surface area contributed by atoms with E-state index in [1.807, 2.05) is 6.07 Å². The minimum Gasteiger partial charge on any atom is -0.508 e. The molecule has 3 fully saturated rings. The third-order valence-corrected chi connectivity index (χ3v) is 10.4. The summed E-state index contributed by atoms with van der Waals surface area (Å²) in [5, 5.41) is 17.0. The average Bonchev–Trinajstić information content (AvgIpc) is 3.34. The van der Waals surface area contributed by atoms with Gasteiger partial charge in [-0.15, -0.1) is 0 Å². The van der Waals surface area contributed by atoms with Gasteiger partial charge in [-0.1, -0.05) is 23.7 Å². The van der Waals surface area contributed by atoms with Gasteiger partial charge in [0.25, 0.3) is 0 Å². The van der Waals surface area contributed by atoms with E-state index in [0.717, 1.165) is 75.7 Å². The third-order valence-electron chi connectivity index (χ3n) is 10.1. The number of aryl methyl sites for hydroxylation is 2. The predicted octanol–water partition coefficient (Wildman–Crippen LogP) is 5.87. The molecule has 0 radical (unpaired) electrons. The first-order valence-electron chi connectivity index (χ1n) is 16.3. The zero-order valence-corrected chi connectivity index (χ0v) is 26.5. The van der Waals surface area contributed by atoms with Gasteiger partial charge >= 0.3 is 6.01 Å². The number of nitrogens with zero attached hydrogens (tertiary/aromatic N) is 4. The molecule has 2 N–H and O–H groups in total. The van der Waals surface area contributed by atoms with E-state index in [2.05, 4.69) is 40.0 Å². The van der Waals surface area contributed by atoms with E-state index in [0.29, 0.717) is 41.5 Å². The van der Waals surface area contributed by atoms with Crippen LogP contribution >= 0.6 is 11.6 Å². The quantitative estimate of drug-likeness (QED) is 0.245. The zero-order chi connectivity index (χ0) is 30.8. The van der Waals surface area contributed by atoms with Crippen molar-refractivity contribution in [2.24, 2.45) is 0 Å². The van der Waals surface area contributed by atoms with Gasteiger partial charge in [-0.3, -0.25) is 4.90 Å². The highest BCUT2D eigenvalue weighted by molar-refractivity contribution is 6.35. The van der Waals surface area contributed by atoms with Gasteiger partial charge in [0.15, 0.2) is 5.82 Å². The number of morpholine rings is 1. The van der Waals surface area contributed by atoms with Crippen molar-refractivity contribution < 1.29 is 19.0 Å². The zero-order valence-electron chi connectivity index (χ0n) is 25.8. The Bertz CT molecular complexity index is 1790. The maximum absolute atomic E-state index is 17.0. The molecule has 4 unspecified atom stereocenters. The topological polar surface area (TPSA) is 83.0 Å². The Hall–Kier alpha value is -3.24. The number of hydrogen-bond acceptors (Lipinski definition) is 8. The lowest BCUT2D eigenvalue weighted by Gasteiger charge is -2.36. The van der Waals surface area contributed by atoms with Crippen LogP contribution in [0.4, 0.5) is 10.2 Å². The molecule has 8 nitrogen and oxygen atoms in total. The van der Waals surface area contributed by atoms with Gasteiger partial charge in [-0.25, -0.2) is 4.39 Å². The minimum atomic E-state index is -0.524. The van der Waals surface area contributed by atoms with Crippen LogP contribution in [0.1, 0.15) is 44.2 Å². The molecule has 4 atom stereocenters. The van der Waals surface area contributed by atoms with Crippen LogP contribution in [0.3, 0.4) is 0 Å². The number of ether oxygens (including phenoxy) is 2. The minimum absolute atomic E-state index is 0.0695. The summed E-state index contributed by atoms with van der Waals surface area (Å²) in [5.41, 5.74) is 3.45. The molecular weight excluding hydrogens is 593 g/mol. The maximum atomic E-state index is 17.0. The number of fused-ring (bicyclic) bond motifs is 6. The van der Waals surface area contributed by atoms with E-state index >= 15 is 4.39 Å². The van der Waals surface area contributed by atoms with Crippen LogP contribution in [-0.2, 0) is 17.6 Å². The highest BCUT2D eigenvalue weighted by atomic mass is 35.5. The summed E-state index contributed by atoms with van der Waals surface area (Å²) in [5.74, 6) is 0.199. The van der Waals surface area contributed by atoms with Gasteiger partial charge in [0.05, 0.1) is 24.3 Å². The number of nitrogens with one attached hydrogen (secondary N) is 1. The van der Waals surface area contributed by atoms with Crippen LogP contribution in [0.5, 0.6) is 11.8 Å². The number of hydrogen-bond donors (Lipinski definition) is 2. The smallest absolute Gasteiger partial charge is 0.319 e. The van der Waals surface area contributed by atoms with Crippen molar-refractivity contribution in [1.29, 1.82) is 0 Å². The fraction of sp³-hybridized carbons (Fsp3) is 0.486. The van der Waals surface area contributed by atoms with Gasteiger partial charge < -0.3 is 24.8 Å². The number of rotatable bonds is 7. The molecule has 3 aliphatic heterocycles. The van der Waals surface area contributed by atoms with Crippen molar-refractivity contribution in [1.82, 2.24) is 20.2 Å². The van der Waals surface area contributed by atoms with Gasteiger partial charge in [0.1, 0.15) is 17.1 Å². The molecule has 1 aromatic heterocycles. The summed E-state index contributed by atoms with van der Waals surface area (Å²) in [4.78, 5) is 14.2. The Labute approximate surface area is 267 Å². The number of piperazine rings is 1. The van der Waals surface area contributed by atoms with Crippen LogP contribution in [0, 0.1) is 5.82 Å². The third kappa shape index (κ3) is 5.27. The van der Waals surface area contributed by atoms with Gasteiger partial charge in [-0.2, -0.15) is 9.97 Å². The van der Waals surface area contributed by atoms with E-state index in [1.54, 1.807) is 18.2 Å². The fourth-order valence-corrected chi connectivity index (χ4v) is 8.06. The van der Waals surface area contributed by atoms with Crippen molar-refractivity contribution >= 4 is 39.1 Å². The Morgan fingerprint density at radius 1 is 1.09 bits per heavy atom. The summed E-state index contributed by atoms with van der Waals surface area (Å²) in [6, 6.07) is 10.5. The molecule has 8 rings (SSSR count). The number of aromatic hydroxyl groups is 1. The summed E-state index contributed by atoms with van der Waals surface area (Å²) >= 11 is 6.97. The lowest BCUT2D eigenvalue weighted by Crippen LogP contribution is -2.51. The standard InChI is InChI=1S/C35H39ClFN5O3/c1-19-18-45-20(2)15-41(19)10-3-11-44-35-39-33-28(34(40-35)42-16-23-7-8-24(17-42)38-23)14-29(36)31(32(33)37)27-13-25(43)12-22-5-4-21-6-9-26(21)30(22)27/h4-5,12-14,19-20,23-24,38,43H,3,6-11,15-18H2,1-2H3. The molecule has 0 saturated carbocycles. The van der Waals surface area contributed by atoms with E-state index in [1.165, 1.54) is 11.1 Å². The van der Waals surface area contributed by atoms with Gasteiger partial charge in [0.2, 0.25) is 0 Å². The molecule has 10 heteroatoms. The van der Waals surface area contributed by atoms with Gasteiger partial charge in [0, 0.05) is 55.3 Å². The molecule has 45 heavy (non-hydrogen) atoms. The number of aromatic nitrogens is 2. The number of halogens is 2. The molecule has 4 aliphatic rings. The van der Waals surface area contributed by atoms with Crippen molar-refractivity contribution in [3.05, 3.63) is 52.3 Å². The normalized spacial score (nSPS) is 24.7. The molecule has 4 aromatic rings. The lowest BCUT2D eigenvalue weighted by molar-refractivity contribution is -0.0503. The molecule has 1 aliphatic carbocycles. The number of phenolic OH excluding ortho intramolecular Hbond substituents is 1. The van der Waals surface area contributed by atoms with E-state index < -0.39 is 5.82 Å². The molecule has 2 bridgehead atoms. The average molecular weight is 632 g/mol. The molecule has 3 aromatic carbocycles. The highest BCUT2D eigenvalue weighted by Gasteiger charge is 2.34. The predicted molar refractivity (Wildman–Crippen MR) is 175 cm³/mol. The number of phenols is 1. The van der Waals surface area contributed by atoms with Crippen LogP contribution in [0.2, 0.25) is 5.02 Å². The molecule has 3 saturated heterocycles. The van der Waals surface area contributed by atoms with Crippen molar-refractivity contribution in [3.63, 3.8) is 0 Å². The first kappa shape index (κ1) is 29.2. The van der Waals surface area contributed by atoms with Gasteiger partial charge in [-0.05, 0) is 91.6 Å². The summed E-state index contributed by atoms with van der Waals surface area (Å²) in [6.45, 7) is 8.75. The van der Waals surface area contributed by atoms with Crippen molar-refractivity contribution in [3.8, 4) is 22.9 Å². The SMILES string of the molecule is CC1CN(CCCOc2nc(N3CC4CCC(C3)N4)c3cc(Cl)c(-c4cc(O)cc5ccc6c(c45)CC6)c(F)c3n2)C(C)CO1. The Morgan fingerprint density at radius 2 is 1.91 bits per heavy atom. The Balaban J connectivity index is 1.19. The second-order valence-electron chi connectivity index (χ2n) is 13.3. The van der Waals surface area contributed by atoms with E-state index in [-0.39, 0.29) is 34.0 Å². The van der Waals surface area contributed by atoms with Crippen LogP contribution in [-0.4, -0.2) is 83.6 Å². The van der Waals surface area contributed by atoms with E-state index in [4.69, 9.17) is 26.1 Å². The number of anilines is 1. The molecule has 0 amide bonds. The Morgan fingerprint density at radius 3 is 2.69 bits per heavy atom. The Kier molecular flexibility index (Phi) is 7.48. The highest BCUT2D eigenvalue weighted by Crippen LogP contribution is 2.45. The van der Waals surface area contributed by atoms with Crippen molar-refractivity contribution in [2.45, 2.75) is 70.2 Å². The molecule has 4 heterocycles. The first-order chi connectivity index (χ1) is 21.8. The fourth-order valence-electron chi connectivity index (χ4n) is 7.77. The molecular formula is C35H39ClFN5O3. The largest absolute Gasteiger partial charge is 0.508 e. The van der Waals surface area contributed by atoms with Crippen LogP contribution in [0.25, 0.3) is 32.8 Å². The van der Waals surface area contributed by atoms with Crippen LogP contribution < -0.4 is 15.0 Å². The molecule has 0 spiro atoms. The summed E-state index contributed by atoms with van der Waals surface area (Å²) in [6.07, 6.45) is 5.13. The summed E-state index contributed by atoms with van der Waals surface area (Å²) in [7, 11) is 0. The van der Waals surface area contributed by atoms with Crippen molar-refractivity contribution in [2.75, 3.05) is 44.3 Å². The summed E-state index contributed by atoms with van der Waals surface area (Å²) < 4.78 is 28.9. The second kappa shape index (κ2) is 11.5.